The molecule has 110 valence electrons. The molecule has 0 saturated heterocycles. The molecule has 2 aromatic carbocycles. The highest BCUT2D eigenvalue weighted by atomic mass is 19.1. The summed E-state index contributed by atoms with van der Waals surface area (Å²) in [4.78, 5) is 2.22. The molecule has 0 spiro atoms. The molecule has 0 fully saturated rings. The Bertz CT molecular complexity index is 624. The SMILES string of the molecule is CCN(Cc1cccc2c1CCNC2)c1cccc(F)c1. The van der Waals surface area contributed by atoms with Gasteiger partial charge < -0.3 is 10.2 Å². The molecule has 0 unspecified atom stereocenters. The maximum atomic E-state index is 13.4. The molecule has 1 aliphatic heterocycles. The Morgan fingerprint density at radius 1 is 1.19 bits per heavy atom. The van der Waals surface area contributed by atoms with E-state index in [1.54, 1.807) is 12.1 Å². The predicted octanol–water partition coefficient (Wildman–Crippen LogP) is 3.50. The van der Waals surface area contributed by atoms with Gasteiger partial charge in [-0.1, -0.05) is 24.3 Å². The summed E-state index contributed by atoms with van der Waals surface area (Å²) in [5, 5.41) is 3.41. The molecule has 3 rings (SSSR count). The van der Waals surface area contributed by atoms with E-state index < -0.39 is 0 Å². The van der Waals surface area contributed by atoms with Crippen LogP contribution < -0.4 is 10.2 Å². The number of benzene rings is 2. The number of nitrogens with zero attached hydrogens (tertiary/aromatic N) is 1. The molecule has 0 saturated carbocycles. The van der Waals surface area contributed by atoms with Gasteiger partial charge in [0.2, 0.25) is 0 Å². The van der Waals surface area contributed by atoms with Crippen LogP contribution >= 0.6 is 0 Å². The van der Waals surface area contributed by atoms with E-state index in [1.165, 1.54) is 22.8 Å². The van der Waals surface area contributed by atoms with Gasteiger partial charge >= 0.3 is 0 Å². The molecule has 0 aliphatic carbocycles. The molecular weight excluding hydrogens is 263 g/mol. The molecule has 0 amide bonds. The van der Waals surface area contributed by atoms with Crippen molar-refractivity contribution < 1.29 is 4.39 Å². The zero-order valence-corrected chi connectivity index (χ0v) is 12.4. The molecule has 2 aromatic rings. The Kier molecular flexibility index (Phi) is 4.20. The predicted molar refractivity (Wildman–Crippen MR) is 85.0 cm³/mol. The van der Waals surface area contributed by atoms with Crippen LogP contribution in [0.5, 0.6) is 0 Å². The highest BCUT2D eigenvalue weighted by molar-refractivity contribution is 5.48. The van der Waals surface area contributed by atoms with E-state index in [1.807, 2.05) is 6.07 Å². The van der Waals surface area contributed by atoms with Gasteiger partial charge in [0.1, 0.15) is 5.82 Å². The van der Waals surface area contributed by atoms with Crippen molar-refractivity contribution in [3.63, 3.8) is 0 Å². The van der Waals surface area contributed by atoms with E-state index in [0.717, 1.165) is 38.3 Å². The third-order valence-corrected chi connectivity index (χ3v) is 4.15. The average Bonchev–Trinajstić information content (AvgIpc) is 2.52. The maximum absolute atomic E-state index is 13.4. The highest BCUT2D eigenvalue weighted by Gasteiger charge is 2.14. The van der Waals surface area contributed by atoms with Crippen molar-refractivity contribution in [2.24, 2.45) is 0 Å². The van der Waals surface area contributed by atoms with Crippen molar-refractivity contribution in [3.8, 4) is 0 Å². The Morgan fingerprint density at radius 3 is 2.86 bits per heavy atom. The number of hydrogen-bond acceptors (Lipinski definition) is 2. The van der Waals surface area contributed by atoms with Gasteiger partial charge in [-0.3, -0.25) is 0 Å². The van der Waals surface area contributed by atoms with Crippen LogP contribution in [0.4, 0.5) is 10.1 Å². The van der Waals surface area contributed by atoms with E-state index in [4.69, 9.17) is 0 Å². The second-order valence-electron chi connectivity index (χ2n) is 5.48. The van der Waals surface area contributed by atoms with E-state index in [-0.39, 0.29) is 5.82 Å². The van der Waals surface area contributed by atoms with Crippen molar-refractivity contribution in [2.45, 2.75) is 26.4 Å². The first-order valence-corrected chi connectivity index (χ1v) is 7.59. The Hall–Kier alpha value is -1.87. The molecule has 0 atom stereocenters. The van der Waals surface area contributed by atoms with Crippen molar-refractivity contribution >= 4 is 5.69 Å². The normalized spacial score (nSPS) is 13.8. The van der Waals surface area contributed by atoms with Gasteiger partial charge in [0.05, 0.1) is 0 Å². The van der Waals surface area contributed by atoms with Crippen molar-refractivity contribution in [2.75, 3.05) is 18.0 Å². The third kappa shape index (κ3) is 3.08. The summed E-state index contributed by atoms with van der Waals surface area (Å²) < 4.78 is 13.4. The molecule has 0 radical (unpaired) electrons. The van der Waals surface area contributed by atoms with Crippen molar-refractivity contribution in [1.29, 1.82) is 0 Å². The van der Waals surface area contributed by atoms with Crippen LogP contribution in [0.1, 0.15) is 23.6 Å². The molecule has 1 heterocycles. The fourth-order valence-electron chi connectivity index (χ4n) is 3.02. The first-order valence-electron chi connectivity index (χ1n) is 7.59. The minimum Gasteiger partial charge on any atom is -0.367 e. The summed E-state index contributed by atoms with van der Waals surface area (Å²) >= 11 is 0. The zero-order chi connectivity index (χ0) is 14.7. The summed E-state index contributed by atoms with van der Waals surface area (Å²) in [6, 6.07) is 13.4. The quantitative estimate of drug-likeness (QED) is 0.924. The van der Waals surface area contributed by atoms with Gasteiger partial charge in [-0.15, -0.1) is 0 Å². The standard InChI is InChI=1S/C18H21FN2/c1-2-21(17-8-4-7-16(19)11-17)13-15-6-3-5-14-12-20-10-9-18(14)15/h3-8,11,20H,2,9-10,12-13H2,1H3. The minimum atomic E-state index is -0.176. The monoisotopic (exact) mass is 284 g/mol. The lowest BCUT2D eigenvalue weighted by molar-refractivity contribution is 0.625. The topological polar surface area (TPSA) is 15.3 Å². The molecule has 3 heteroatoms. The van der Waals surface area contributed by atoms with Gasteiger partial charge in [-0.05, 0) is 54.8 Å². The van der Waals surface area contributed by atoms with Crippen LogP contribution in [0, 0.1) is 5.82 Å². The molecule has 0 aromatic heterocycles. The van der Waals surface area contributed by atoms with Crippen LogP contribution in [0.3, 0.4) is 0 Å². The van der Waals surface area contributed by atoms with Gasteiger partial charge in [-0.25, -0.2) is 4.39 Å². The summed E-state index contributed by atoms with van der Waals surface area (Å²) in [6.45, 7) is 5.81. The molecular formula is C18H21FN2. The molecule has 1 aliphatic rings. The molecule has 2 nitrogen and oxygen atoms in total. The number of rotatable bonds is 4. The van der Waals surface area contributed by atoms with Crippen LogP contribution in [0.15, 0.2) is 42.5 Å². The first kappa shape index (κ1) is 14.1. The Labute approximate surface area is 125 Å². The van der Waals surface area contributed by atoms with Crippen LogP contribution in [0.2, 0.25) is 0 Å². The second kappa shape index (κ2) is 6.27. The first-order chi connectivity index (χ1) is 10.3. The van der Waals surface area contributed by atoms with Crippen LogP contribution in [0.25, 0.3) is 0 Å². The number of halogens is 1. The zero-order valence-electron chi connectivity index (χ0n) is 12.4. The number of nitrogens with one attached hydrogen (secondary N) is 1. The highest BCUT2D eigenvalue weighted by Crippen LogP contribution is 2.23. The third-order valence-electron chi connectivity index (χ3n) is 4.15. The van der Waals surface area contributed by atoms with E-state index >= 15 is 0 Å². The lowest BCUT2D eigenvalue weighted by atomic mass is 9.95. The lowest BCUT2D eigenvalue weighted by Gasteiger charge is -2.27. The largest absolute Gasteiger partial charge is 0.367 e. The van der Waals surface area contributed by atoms with Gasteiger partial charge in [0.25, 0.3) is 0 Å². The fourth-order valence-corrected chi connectivity index (χ4v) is 3.02. The lowest BCUT2D eigenvalue weighted by Crippen LogP contribution is -2.27. The number of hydrogen-bond donors (Lipinski definition) is 1. The van der Waals surface area contributed by atoms with Crippen molar-refractivity contribution in [1.82, 2.24) is 5.32 Å². The maximum Gasteiger partial charge on any atom is 0.125 e. The summed E-state index contributed by atoms with van der Waals surface area (Å²) in [7, 11) is 0. The molecule has 21 heavy (non-hydrogen) atoms. The summed E-state index contributed by atoms with van der Waals surface area (Å²) in [6.07, 6.45) is 1.08. The van der Waals surface area contributed by atoms with Crippen LogP contribution in [-0.2, 0) is 19.5 Å². The fraction of sp³-hybridized carbons (Fsp3) is 0.333. The second-order valence-corrected chi connectivity index (χ2v) is 5.48. The smallest absolute Gasteiger partial charge is 0.125 e. The Morgan fingerprint density at radius 2 is 2.05 bits per heavy atom. The molecule has 1 N–H and O–H groups in total. The van der Waals surface area contributed by atoms with Gasteiger partial charge in [-0.2, -0.15) is 0 Å². The van der Waals surface area contributed by atoms with E-state index in [9.17, 15) is 4.39 Å². The van der Waals surface area contributed by atoms with E-state index in [2.05, 4.69) is 35.3 Å². The van der Waals surface area contributed by atoms with Crippen LogP contribution in [-0.4, -0.2) is 13.1 Å². The minimum absolute atomic E-state index is 0.176. The average molecular weight is 284 g/mol. The Balaban J connectivity index is 1.88. The summed E-state index contributed by atoms with van der Waals surface area (Å²) in [5.74, 6) is -0.176. The van der Waals surface area contributed by atoms with Gasteiger partial charge in [0, 0.05) is 25.3 Å². The van der Waals surface area contributed by atoms with Gasteiger partial charge in [0.15, 0.2) is 0 Å². The number of anilines is 1. The molecule has 0 bridgehead atoms. The van der Waals surface area contributed by atoms with Crippen molar-refractivity contribution in [3.05, 3.63) is 65.0 Å². The summed E-state index contributed by atoms with van der Waals surface area (Å²) in [5.41, 5.74) is 5.17. The number of fused-ring (bicyclic) bond motifs is 1. The van der Waals surface area contributed by atoms with E-state index in [0.29, 0.717) is 0 Å².